The summed E-state index contributed by atoms with van der Waals surface area (Å²) in [6, 6.07) is 38.9. The Morgan fingerprint density at radius 2 is 1.15 bits per heavy atom. The minimum atomic E-state index is -4.94. The lowest BCUT2D eigenvalue weighted by Crippen LogP contribution is -2.25. The van der Waals surface area contributed by atoms with Crippen LogP contribution < -0.4 is 9.80 Å². The maximum atomic E-state index is 12.9. The molecule has 0 bridgehead atoms. The van der Waals surface area contributed by atoms with Crippen molar-refractivity contribution in [3.8, 4) is 0 Å². The number of para-hydroxylation sites is 1. The van der Waals surface area contributed by atoms with E-state index in [0.29, 0.717) is 26.2 Å². The van der Waals surface area contributed by atoms with Gasteiger partial charge in [-0.3, -0.25) is 9.11 Å². The number of rotatable bonds is 13. The molecule has 2 N–H and O–H groups in total. The second-order valence-corrected chi connectivity index (χ2v) is 14.0. The van der Waals surface area contributed by atoms with Crippen molar-refractivity contribution < 1.29 is 25.9 Å². The zero-order valence-corrected chi connectivity index (χ0v) is 27.9. The summed E-state index contributed by atoms with van der Waals surface area (Å²) >= 11 is 0. The molecule has 0 aliphatic heterocycles. The first-order valence-electron chi connectivity index (χ1n) is 15.3. The minimum Gasteiger partial charge on any atom is -0.367 e. The molecule has 244 valence electrons. The van der Waals surface area contributed by atoms with E-state index in [1.807, 2.05) is 104 Å². The number of benzene rings is 5. The third-order valence-electron chi connectivity index (χ3n) is 8.22. The van der Waals surface area contributed by atoms with Gasteiger partial charge in [0.25, 0.3) is 20.2 Å². The zero-order chi connectivity index (χ0) is 33.6. The van der Waals surface area contributed by atoms with Crippen molar-refractivity contribution in [1.29, 1.82) is 0 Å². The van der Waals surface area contributed by atoms with Gasteiger partial charge in [-0.2, -0.15) is 16.8 Å². The van der Waals surface area contributed by atoms with Crippen LogP contribution in [0.3, 0.4) is 0 Å². The highest BCUT2D eigenvalue weighted by atomic mass is 32.2. The van der Waals surface area contributed by atoms with Gasteiger partial charge in [0.2, 0.25) is 0 Å². The molecule has 5 rings (SSSR count). The van der Waals surface area contributed by atoms with E-state index in [1.165, 1.54) is 6.07 Å². The van der Waals surface area contributed by atoms with E-state index < -0.39 is 35.9 Å². The van der Waals surface area contributed by atoms with E-state index in [0.717, 1.165) is 45.8 Å². The normalized spacial score (nSPS) is 12.4. The van der Waals surface area contributed by atoms with E-state index in [-0.39, 0.29) is 5.56 Å². The standard InChI is InChI=1S/C37H38N2O6S2/c1-3-38(26-28-14-7-5-8-15-28)31-19-13-18-30(24-31)37(34-23-22-32(46(40,41)42)25-36(34)47(43,44)45)33-20-11-12-21-35(33)39(4-2)27-29-16-9-6-10-17-29/h5-25,37H,3-4,26-27H2,1-2H3,(H,40,41,42)(H,43,44,45). The number of anilines is 2. The van der Waals surface area contributed by atoms with E-state index in [4.69, 9.17) is 0 Å². The fourth-order valence-corrected chi connectivity index (χ4v) is 7.29. The fraction of sp³-hybridized carbons (Fsp3) is 0.189. The minimum absolute atomic E-state index is 0.173. The number of nitrogens with zero attached hydrogens (tertiary/aromatic N) is 2. The molecule has 5 aromatic rings. The van der Waals surface area contributed by atoms with Crippen molar-refractivity contribution in [3.63, 3.8) is 0 Å². The molecule has 1 unspecified atom stereocenters. The summed E-state index contributed by atoms with van der Waals surface area (Å²) in [4.78, 5) is 3.17. The largest absolute Gasteiger partial charge is 0.367 e. The Bertz CT molecular complexity index is 2040. The molecule has 0 aliphatic rings. The van der Waals surface area contributed by atoms with Gasteiger partial charge in [0.15, 0.2) is 0 Å². The highest BCUT2D eigenvalue weighted by molar-refractivity contribution is 7.86. The smallest absolute Gasteiger partial charge is 0.294 e. The molecule has 0 fully saturated rings. The Morgan fingerprint density at radius 1 is 0.574 bits per heavy atom. The highest BCUT2D eigenvalue weighted by Crippen LogP contribution is 2.42. The Kier molecular flexibility index (Phi) is 10.5. The maximum absolute atomic E-state index is 12.9. The van der Waals surface area contributed by atoms with Crippen molar-refractivity contribution in [1.82, 2.24) is 0 Å². The predicted molar refractivity (Wildman–Crippen MR) is 186 cm³/mol. The lowest BCUT2D eigenvalue weighted by Gasteiger charge is -2.31. The van der Waals surface area contributed by atoms with Crippen molar-refractivity contribution >= 4 is 31.6 Å². The molecular formula is C37H38N2O6S2. The Labute approximate surface area is 277 Å². The summed E-state index contributed by atoms with van der Waals surface area (Å²) in [5, 5.41) is 0. The Hall–Kier alpha value is -4.48. The third-order valence-corrected chi connectivity index (χ3v) is 9.98. The van der Waals surface area contributed by atoms with Gasteiger partial charge in [0.1, 0.15) is 0 Å². The van der Waals surface area contributed by atoms with E-state index in [1.54, 1.807) is 0 Å². The maximum Gasteiger partial charge on any atom is 0.294 e. The SMILES string of the molecule is CCN(Cc1ccccc1)c1cccc(C(c2ccccc2N(CC)Cc2ccccc2)c2ccc(S(=O)(=O)O)cc2S(=O)(=O)O)c1. The highest BCUT2D eigenvalue weighted by Gasteiger charge is 2.30. The average molecular weight is 671 g/mol. The van der Waals surface area contributed by atoms with Crippen molar-refractivity contribution in [2.24, 2.45) is 0 Å². The first-order valence-corrected chi connectivity index (χ1v) is 18.2. The van der Waals surface area contributed by atoms with E-state index >= 15 is 0 Å². The molecule has 0 spiro atoms. The molecule has 8 nitrogen and oxygen atoms in total. The van der Waals surface area contributed by atoms with Crippen LogP contribution in [0.4, 0.5) is 11.4 Å². The second kappa shape index (κ2) is 14.5. The van der Waals surface area contributed by atoms with Gasteiger partial charge in [-0.25, -0.2) is 0 Å². The first-order chi connectivity index (χ1) is 22.5. The van der Waals surface area contributed by atoms with Gasteiger partial charge in [-0.1, -0.05) is 97.1 Å². The van der Waals surface area contributed by atoms with Crippen LogP contribution in [-0.2, 0) is 33.3 Å². The zero-order valence-electron chi connectivity index (χ0n) is 26.3. The van der Waals surface area contributed by atoms with Crippen LogP contribution in [0.25, 0.3) is 0 Å². The number of hydrogen-bond donors (Lipinski definition) is 2. The van der Waals surface area contributed by atoms with Gasteiger partial charge in [0, 0.05) is 43.5 Å². The molecule has 1 atom stereocenters. The summed E-state index contributed by atoms with van der Waals surface area (Å²) in [7, 11) is -9.69. The van der Waals surface area contributed by atoms with Crippen molar-refractivity contribution in [2.75, 3.05) is 22.9 Å². The van der Waals surface area contributed by atoms with E-state index in [9.17, 15) is 25.9 Å². The molecule has 5 aromatic carbocycles. The van der Waals surface area contributed by atoms with Crippen LogP contribution in [-0.4, -0.2) is 39.0 Å². The lowest BCUT2D eigenvalue weighted by molar-refractivity contribution is 0.480. The number of hydrogen-bond acceptors (Lipinski definition) is 6. The first kappa shape index (κ1) is 33.9. The van der Waals surface area contributed by atoms with E-state index in [2.05, 4.69) is 28.9 Å². The molecule has 0 aromatic heterocycles. The van der Waals surface area contributed by atoms with Gasteiger partial charge in [0.05, 0.1) is 9.79 Å². The van der Waals surface area contributed by atoms with Gasteiger partial charge >= 0.3 is 0 Å². The topological polar surface area (TPSA) is 115 Å². The van der Waals surface area contributed by atoms with Crippen LogP contribution in [0.5, 0.6) is 0 Å². The molecular weight excluding hydrogens is 633 g/mol. The van der Waals surface area contributed by atoms with Gasteiger partial charge in [-0.05, 0) is 72.0 Å². The van der Waals surface area contributed by atoms with Crippen LogP contribution in [0.1, 0.15) is 47.6 Å². The third kappa shape index (κ3) is 8.09. The molecule has 0 amide bonds. The summed E-state index contributed by atoms with van der Waals surface area (Å²) in [6.07, 6.45) is 0. The second-order valence-electron chi connectivity index (χ2n) is 11.2. The summed E-state index contributed by atoms with van der Waals surface area (Å²) in [6.45, 7) is 6.71. The van der Waals surface area contributed by atoms with Crippen molar-refractivity contribution in [3.05, 3.63) is 155 Å². The summed E-state index contributed by atoms with van der Waals surface area (Å²) in [5.41, 5.74) is 5.67. The lowest BCUT2D eigenvalue weighted by atomic mass is 9.83. The summed E-state index contributed by atoms with van der Waals surface area (Å²) < 4.78 is 70.1. The fourth-order valence-electron chi connectivity index (χ4n) is 5.94. The molecule has 0 saturated carbocycles. The molecule has 47 heavy (non-hydrogen) atoms. The van der Waals surface area contributed by atoms with Crippen LogP contribution in [0.15, 0.2) is 137 Å². The van der Waals surface area contributed by atoms with Gasteiger partial charge < -0.3 is 9.80 Å². The monoisotopic (exact) mass is 670 g/mol. The van der Waals surface area contributed by atoms with Gasteiger partial charge in [-0.15, -0.1) is 0 Å². The van der Waals surface area contributed by atoms with Crippen LogP contribution >= 0.6 is 0 Å². The molecule has 0 aliphatic carbocycles. The van der Waals surface area contributed by atoms with Crippen LogP contribution in [0.2, 0.25) is 0 Å². The molecule has 0 saturated heterocycles. The Balaban J connectivity index is 1.73. The summed E-state index contributed by atoms with van der Waals surface area (Å²) in [5.74, 6) is -0.751. The molecule has 0 radical (unpaired) electrons. The molecule has 10 heteroatoms. The predicted octanol–water partition coefficient (Wildman–Crippen LogP) is 7.41. The Morgan fingerprint density at radius 3 is 1.72 bits per heavy atom. The van der Waals surface area contributed by atoms with Crippen LogP contribution in [0, 0.1) is 0 Å². The van der Waals surface area contributed by atoms with Crippen molar-refractivity contribution in [2.45, 2.75) is 42.6 Å². The molecule has 0 heterocycles. The quantitative estimate of drug-likeness (QED) is 0.0983. The average Bonchev–Trinajstić information content (AvgIpc) is 3.07.